The number of anilines is 2. The molecule has 0 bridgehead atoms. The maximum absolute atomic E-state index is 14.0. The molecule has 10 heteroatoms. The van der Waals surface area contributed by atoms with Gasteiger partial charge in [-0.25, -0.2) is 27.3 Å². The topological polar surface area (TPSA) is 105 Å². The Morgan fingerprint density at radius 3 is 2.79 bits per heavy atom. The van der Waals surface area contributed by atoms with Gasteiger partial charge in [-0.05, 0) is 61.4 Å². The van der Waals surface area contributed by atoms with E-state index in [1.54, 1.807) is 11.0 Å². The van der Waals surface area contributed by atoms with E-state index < -0.39 is 21.9 Å². The van der Waals surface area contributed by atoms with E-state index in [-0.39, 0.29) is 30.0 Å². The first kappa shape index (κ1) is 23.6. The SMILES string of the molecule is CC1CCc2nc(N3CCCC(F)(F)CC3)c(C(=O)Nc3cccc(S(N)(=O)=O)c3)cc2C1. The summed E-state index contributed by atoms with van der Waals surface area (Å²) in [7, 11) is -3.93. The lowest BCUT2D eigenvalue weighted by Crippen LogP contribution is -2.30. The number of halogens is 2. The molecule has 3 N–H and O–H groups in total. The van der Waals surface area contributed by atoms with Crippen molar-refractivity contribution < 1.29 is 22.0 Å². The Labute approximate surface area is 192 Å². The van der Waals surface area contributed by atoms with Crippen LogP contribution in [0.1, 0.15) is 54.2 Å². The first-order valence-corrected chi connectivity index (χ1v) is 12.7. The highest BCUT2D eigenvalue weighted by Gasteiger charge is 2.33. The number of amides is 1. The molecular formula is C23H28F2N4O3S. The molecule has 1 aliphatic carbocycles. The van der Waals surface area contributed by atoms with Gasteiger partial charge in [-0.15, -0.1) is 0 Å². The first-order chi connectivity index (χ1) is 15.5. The fourth-order valence-electron chi connectivity index (χ4n) is 4.47. The third-order valence-electron chi connectivity index (χ3n) is 6.30. The maximum Gasteiger partial charge on any atom is 0.259 e. The van der Waals surface area contributed by atoms with Gasteiger partial charge in [-0.1, -0.05) is 13.0 Å². The molecule has 1 saturated heterocycles. The van der Waals surface area contributed by atoms with Gasteiger partial charge in [0.1, 0.15) is 5.82 Å². The molecule has 1 amide bonds. The molecule has 0 spiro atoms. The zero-order valence-electron chi connectivity index (χ0n) is 18.5. The third kappa shape index (κ3) is 5.50. The number of aryl methyl sites for hydroxylation is 1. The average Bonchev–Trinajstić information content (AvgIpc) is 2.92. The summed E-state index contributed by atoms with van der Waals surface area (Å²) in [5, 5.41) is 7.92. The van der Waals surface area contributed by atoms with E-state index in [0.29, 0.717) is 30.3 Å². The van der Waals surface area contributed by atoms with Gasteiger partial charge in [-0.2, -0.15) is 0 Å². The molecule has 0 radical (unpaired) electrons. The number of primary sulfonamides is 1. The van der Waals surface area contributed by atoms with Gasteiger partial charge in [0.2, 0.25) is 15.9 Å². The van der Waals surface area contributed by atoms with Gasteiger partial charge in [-0.3, -0.25) is 4.79 Å². The molecule has 2 aliphatic rings. The molecule has 2 aromatic rings. The Kier molecular flexibility index (Phi) is 6.41. The van der Waals surface area contributed by atoms with Crippen molar-refractivity contribution in [3.8, 4) is 0 Å². The second kappa shape index (κ2) is 8.98. The number of benzene rings is 1. The van der Waals surface area contributed by atoms with E-state index in [2.05, 4.69) is 12.2 Å². The fourth-order valence-corrected chi connectivity index (χ4v) is 5.03. The smallest absolute Gasteiger partial charge is 0.259 e. The number of fused-ring (bicyclic) bond motifs is 1. The fraction of sp³-hybridized carbons (Fsp3) is 0.478. The van der Waals surface area contributed by atoms with Crippen LogP contribution in [0.2, 0.25) is 0 Å². The van der Waals surface area contributed by atoms with Crippen LogP contribution in [0.25, 0.3) is 0 Å². The Hall–Kier alpha value is -2.59. The predicted molar refractivity (Wildman–Crippen MR) is 122 cm³/mol. The van der Waals surface area contributed by atoms with Crippen molar-refractivity contribution >= 4 is 27.4 Å². The molecule has 1 fully saturated rings. The number of hydrogen-bond donors (Lipinski definition) is 2. The average molecular weight is 479 g/mol. The van der Waals surface area contributed by atoms with Crippen LogP contribution in [0.15, 0.2) is 35.2 Å². The molecule has 0 saturated carbocycles. The molecule has 178 valence electrons. The number of alkyl halides is 2. The number of hydrogen-bond acceptors (Lipinski definition) is 5. The van der Waals surface area contributed by atoms with Crippen LogP contribution in [-0.4, -0.2) is 38.3 Å². The summed E-state index contributed by atoms with van der Waals surface area (Å²) in [6.07, 6.45) is 2.39. The summed E-state index contributed by atoms with van der Waals surface area (Å²) in [6.45, 7) is 2.64. The second-order valence-electron chi connectivity index (χ2n) is 9.04. The van der Waals surface area contributed by atoms with Gasteiger partial charge in [0.05, 0.1) is 10.5 Å². The minimum atomic E-state index is -3.93. The molecule has 2 heterocycles. The summed E-state index contributed by atoms with van der Waals surface area (Å²) < 4.78 is 51.3. The van der Waals surface area contributed by atoms with Crippen LogP contribution in [-0.2, 0) is 22.9 Å². The lowest BCUT2D eigenvalue weighted by atomic mass is 9.87. The van der Waals surface area contributed by atoms with Crippen LogP contribution in [0.5, 0.6) is 0 Å². The van der Waals surface area contributed by atoms with E-state index in [1.165, 1.54) is 18.2 Å². The molecule has 33 heavy (non-hydrogen) atoms. The maximum atomic E-state index is 14.0. The number of carbonyl (C=O) groups is 1. The van der Waals surface area contributed by atoms with Crippen molar-refractivity contribution in [1.29, 1.82) is 0 Å². The van der Waals surface area contributed by atoms with Gasteiger partial charge in [0.15, 0.2) is 0 Å². The van der Waals surface area contributed by atoms with Gasteiger partial charge in [0, 0.05) is 37.3 Å². The number of nitrogens with two attached hydrogens (primary N) is 1. The highest BCUT2D eigenvalue weighted by molar-refractivity contribution is 7.89. The second-order valence-corrected chi connectivity index (χ2v) is 10.6. The Morgan fingerprint density at radius 2 is 2.03 bits per heavy atom. The number of nitrogens with one attached hydrogen (secondary N) is 1. The van der Waals surface area contributed by atoms with Crippen molar-refractivity contribution in [2.75, 3.05) is 23.3 Å². The van der Waals surface area contributed by atoms with E-state index in [9.17, 15) is 22.0 Å². The Bertz CT molecular complexity index is 1170. The summed E-state index contributed by atoms with van der Waals surface area (Å²) in [6, 6.07) is 7.49. The lowest BCUT2D eigenvalue weighted by molar-refractivity contribution is -0.0102. The van der Waals surface area contributed by atoms with Crippen LogP contribution >= 0.6 is 0 Å². The van der Waals surface area contributed by atoms with Gasteiger partial charge >= 0.3 is 0 Å². The van der Waals surface area contributed by atoms with E-state index in [0.717, 1.165) is 30.5 Å². The normalized spacial score (nSPS) is 20.6. The third-order valence-corrected chi connectivity index (χ3v) is 7.21. The summed E-state index contributed by atoms with van der Waals surface area (Å²) in [4.78, 5) is 19.8. The first-order valence-electron chi connectivity index (χ1n) is 11.1. The van der Waals surface area contributed by atoms with Crippen LogP contribution < -0.4 is 15.4 Å². The molecule has 1 atom stereocenters. The minimum Gasteiger partial charge on any atom is -0.356 e. The number of nitrogens with zero attached hydrogens (tertiary/aromatic N) is 2. The molecule has 1 aromatic heterocycles. The summed E-state index contributed by atoms with van der Waals surface area (Å²) >= 11 is 0. The van der Waals surface area contributed by atoms with Crippen LogP contribution in [0, 0.1) is 5.92 Å². The number of sulfonamides is 1. The predicted octanol–water partition coefficient (Wildman–Crippen LogP) is 3.73. The van der Waals surface area contributed by atoms with Crippen molar-refractivity contribution in [2.24, 2.45) is 11.1 Å². The van der Waals surface area contributed by atoms with Crippen LogP contribution in [0.4, 0.5) is 20.3 Å². The Morgan fingerprint density at radius 1 is 1.24 bits per heavy atom. The van der Waals surface area contributed by atoms with Crippen molar-refractivity contribution in [1.82, 2.24) is 4.98 Å². The molecule has 1 aliphatic heterocycles. The highest BCUT2D eigenvalue weighted by Crippen LogP contribution is 2.33. The summed E-state index contributed by atoms with van der Waals surface area (Å²) in [5.74, 6) is -2.33. The van der Waals surface area contributed by atoms with Gasteiger partial charge in [0.25, 0.3) is 5.91 Å². The van der Waals surface area contributed by atoms with Gasteiger partial charge < -0.3 is 10.2 Å². The monoisotopic (exact) mass is 478 g/mol. The quantitative estimate of drug-likeness (QED) is 0.697. The van der Waals surface area contributed by atoms with Crippen molar-refractivity contribution in [2.45, 2.75) is 56.3 Å². The number of pyridine rings is 1. The van der Waals surface area contributed by atoms with Crippen LogP contribution in [0.3, 0.4) is 0 Å². The standard InChI is InChI=1S/C23H28F2N4O3S/c1-15-6-7-20-16(12-15)13-19(21(28-20)29-10-3-8-23(24,25)9-11-29)22(30)27-17-4-2-5-18(14-17)33(26,31)32/h2,4-5,13-15H,3,6-12H2,1H3,(H,27,30)(H2,26,31,32). The van der Waals surface area contributed by atoms with E-state index in [1.807, 2.05) is 6.07 Å². The molecule has 7 nitrogen and oxygen atoms in total. The number of carbonyl (C=O) groups excluding carboxylic acids is 1. The van der Waals surface area contributed by atoms with E-state index >= 15 is 0 Å². The number of aromatic nitrogens is 1. The largest absolute Gasteiger partial charge is 0.356 e. The highest BCUT2D eigenvalue weighted by atomic mass is 32.2. The minimum absolute atomic E-state index is 0.108. The van der Waals surface area contributed by atoms with Crippen molar-refractivity contribution in [3.63, 3.8) is 0 Å². The molecule has 1 unspecified atom stereocenters. The number of rotatable bonds is 4. The zero-order valence-corrected chi connectivity index (χ0v) is 19.3. The van der Waals surface area contributed by atoms with Crippen molar-refractivity contribution in [3.05, 3.63) is 47.2 Å². The van der Waals surface area contributed by atoms with E-state index in [4.69, 9.17) is 10.1 Å². The molecule has 1 aromatic carbocycles. The molecular weight excluding hydrogens is 450 g/mol. The Balaban J connectivity index is 1.70. The molecule has 4 rings (SSSR count). The lowest BCUT2D eigenvalue weighted by Gasteiger charge is -2.28. The zero-order chi connectivity index (χ0) is 23.8. The summed E-state index contributed by atoms with van der Waals surface area (Å²) in [5.41, 5.74) is 2.47.